The van der Waals surface area contributed by atoms with Crippen molar-refractivity contribution >= 4 is 18.0 Å². The van der Waals surface area contributed by atoms with E-state index in [-0.39, 0.29) is 31.3 Å². The van der Waals surface area contributed by atoms with Gasteiger partial charge in [-0.15, -0.1) is 0 Å². The largest absolute Gasteiger partial charge is 1.00 e. The maximum atomic E-state index is 13.3. The molecular weight excluding hydrogens is 393 g/mol. The van der Waals surface area contributed by atoms with Crippen LogP contribution in [0.2, 0.25) is 0 Å². The Morgan fingerprint density at radius 1 is 1.23 bits per heavy atom. The Bertz CT molecular complexity index is 851. The molecule has 1 aromatic carbocycles. The van der Waals surface area contributed by atoms with Gasteiger partial charge in [0.2, 0.25) is 5.91 Å². The van der Waals surface area contributed by atoms with Gasteiger partial charge in [-0.2, -0.15) is 5.26 Å². The van der Waals surface area contributed by atoms with Crippen LogP contribution in [0.1, 0.15) is 51.7 Å². The number of rotatable bonds is 5. The minimum atomic E-state index is -1.37. The Morgan fingerprint density at radius 3 is 2.32 bits per heavy atom. The zero-order valence-electron chi connectivity index (χ0n) is 18.9. The summed E-state index contributed by atoms with van der Waals surface area (Å²) < 4.78 is 5.39. The van der Waals surface area contributed by atoms with E-state index in [0.717, 1.165) is 0 Å². The Kier molecular flexibility index (Phi) is 9.17. The molecule has 2 rings (SSSR count). The van der Waals surface area contributed by atoms with Crippen LogP contribution in [0.5, 0.6) is 0 Å². The number of likely N-dealkylation sites (tertiary alicyclic amines) is 1. The summed E-state index contributed by atoms with van der Waals surface area (Å²) in [7, 11) is 0. The zero-order chi connectivity index (χ0) is 22.5. The molecule has 0 bridgehead atoms. The number of carbonyl (C=O) groups is 3. The fourth-order valence-corrected chi connectivity index (χ4v) is 3.43. The van der Waals surface area contributed by atoms with Crippen LogP contribution in [-0.4, -0.2) is 53.0 Å². The molecule has 8 nitrogen and oxygen atoms in total. The van der Waals surface area contributed by atoms with Gasteiger partial charge in [-0.05, 0) is 45.2 Å². The van der Waals surface area contributed by atoms with Crippen LogP contribution >= 0.6 is 0 Å². The van der Waals surface area contributed by atoms with E-state index >= 15 is 0 Å². The van der Waals surface area contributed by atoms with E-state index in [1.165, 1.54) is 4.90 Å². The number of carboxylic acids is 1. The van der Waals surface area contributed by atoms with E-state index < -0.39 is 29.6 Å². The van der Waals surface area contributed by atoms with Gasteiger partial charge >= 0.3 is 25.0 Å². The van der Waals surface area contributed by atoms with Crippen LogP contribution in [0, 0.1) is 16.7 Å². The maximum Gasteiger partial charge on any atom is 1.00 e. The number of hydrogen-bond donors (Lipinski definition) is 0. The van der Waals surface area contributed by atoms with Crippen molar-refractivity contribution in [1.82, 2.24) is 9.80 Å². The van der Waals surface area contributed by atoms with Crippen molar-refractivity contribution in [1.29, 1.82) is 5.26 Å². The SMILES string of the molecule is CC(C)(C)OC(=O)N1CCC(C)(C(=O)N(CC(=O)[O-])Cc2ccccc2C#N)CC1.[Li+]. The molecule has 9 heteroatoms. The molecular formula is C22H28LiN3O5. The summed E-state index contributed by atoms with van der Waals surface area (Å²) >= 11 is 0. The van der Waals surface area contributed by atoms with Gasteiger partial charge in [0.25, 0.3) is 0 Å². The summed E-state index contributed by atoms with van der Waals surface area (Å²) in [6.45, 7) is 7.26. The Hall–Kier alpha value is -2.48. The number of nitriles is 1. The number of ether oxygens (including phenoxy) is 1. The number of carboxylic acid groups (broad SMARTS) is 1. The molecule has 0 aliphatic carbocycles. The van der Waals surface area contributed by atoms with Gasteiger partial charge in [-0.3, -0.25) is 4.79 Å². The summed E-state index contributed by atoms with van der Waals surface area (Å²) in [6.07, 6.45) is 0.342. The molecule has 1 aromatic rings. The normalized spacial score (nSPS) is 15.3. The smallest absolute Gasteiger partial charge is 0.548 e. The molecule has 162 valence electrons. The number of benzene rings is 1. The fraction of sp³-hybridized carbons (Fsp3) is 0.545. The van der Waals surface area contributed by atoms with Crippen LogP contribution < -0.4 is 24.0 Å². The maximum absolute atomic E-state index is 13.3. The average molecular weight is 421 g/mol. The van der Waals surface area contributed by atoms with Crippen LogP contribution in [0.4, 0.5) is 4.79 Å². The van der Waals surface area contributed by atoms with Crippen molar-refractivity contribution in [2.24, 2.45) is 5.41 Å². The third kappa shape index (κ3) is 7.31. The van der Waals surface area contributed by atoms with Crippen molar-refractivity contribution in [3.63, 3.8) is 0 Å². The average Bonchev–Trinajstić information content (AvgIpc) is 2.66. The monoisotopic (exact) mass is 421 g/mol. The number of aliphatic carboxylic acids is 1. The Morgan fingerprint density at radius 2 is 1.81 bits per heavy atom. The molecule has 0 spiro atoms. The number of amides is 2. The predicted octanol–water partition coefficient (Wildman–Crippen LogP) is -1.32. The number of hydrogen-bond acceptors (Lipinski definition) is 6. The van der Waals surface area contributed by atoms with Crippen LogP contribution in [0.25, 0.3) is 0 Å². The van der Waals surface area contributed by atoms with Gasteiger partial charge in [0, 0.05) is 25.0 Å². The standard InChI is InChI=1S/C22H29N3O5.Li/c1-21(2,3)30-20(29)24-11-9-22(4,10-12-24)19(28)25(15-18(26)27)14-17-8-6-5-7-16(17)13-23;/h5-8H,9-12,14-15H2,1-4H3,(H,26,27);/q;+1/p-1. The van der Waals surface area contributed by atoms with Crippen molar-refractivity contribution < 1.29 is 43.1 Å². The Balaban J connectivity index is 0.00000480. The summed E-state index contributed by atoms with van der Waals surface area (Å²) in [4.78, 5) is 39.6. The van der Waals surface area contributed by atoms with Crippen molar-refractivity contribution in [2.75, 3.05) is 19.6 Å². The van der Waals surface area contributed by atoms with E-state index in [0.29, 0.717) is 37.1 Å². The predicted molar refractivity (Wildman–Crippen MR) is 107 cm³/mol. The van der Waals surface area contributed by atoms with Gasteiger partial charge in [0.05, 0.1) is 24.1 Å². The quantitative estimate of drug-likeness (QED) is 0.545. The molecule has 0 atom stereocenters. The van der Waals surface area contributed by atoms with E-state index in [9.17, 15) is 24.8 Å². The molecule has 1 heterocycles. The van der Waals surface area contributed by atoms with Crippen LogP contribution in [-0.2, 0) is 20.9 Å². The molecule has 0 radical (unpaired) electrons. The first kappa shape index (κ1) is 26.6. The molecule has 1 fully saturated rings. The van der Waals surface area contributed by atoms with Crippen molar-refractivity contribution in [2.45, 2.75) is 52.7 Å². The van der Waals surface area contributed by atoms with E-state index in [1.54, 1.807) is 56.9 Å². The molecule has 0 unspecified atom stereocenters. The Labute approximate surface area is 195 Å². The molecule has 0 saturated carbocycles. The van der Waals surface area contributed by atoms with E-state index in [4.69, 9.17) is 4.74 Å². The van der Waals surface area contributed by atoms with Gasteiger partial charge in [0.1, 0.15) is 5.60 Å². The second kappa shape index (κ2) is 10.7. The first-order valence-corrected chi connectivity index (χ1v) is 9.90. The third-order valence-corrected chi connectivity index (χ3v) is 5.14. The summed E-state index contributed by atoms with van der Waals surface area (Å²) in [5.74, 6) is -1.70. The van der Waals surface area contributed by atoms with Gasteiger partial charge in [0.15, 0.2) is 0 Å². The number of carbonyl (C=O) groups excluding carboxylic acids is 3. The third-order valence-electron chi connectivity index (χ3n) is 5.14. The molecule has 0 N–H and O–H groups in total. The van der Waals surface area contributed by atoms with Gasteiger partial charge < -0.3 is 24.4 Å². The summed E-state index contributed by atoms with van der Waals surface area (Å²) in [5.41, 5.74) is -0.467. The van der Waals surface area contributed by atoms with Crippen molar-refractivity contribution in [3.05, 3.63) is 35.4 Å². The van der Waals surface area contributed by atoms with Crippen molar-refractivity contribution in [3.8, 4) is 6.07 Å². The van der Waals surface area contributed by atoms with E-state index in [1.807, 2.05) is 0 Å². The minimum absolute atomic E-state index is 0. The van der Waals surface area contributed by atoms with Gasteiger partial charge in [-0.1, -0.05) is 25.1 Å². The summed E-state index contributed by atoms with van der Waals surface area (Å²) in [5, 5.41) is 20.6. The molecule has 1 aliphatic heterocycles. The zero-order valence-corrected chi connectivity index (χ0v) is 18.9. The minimum Gasteiger partial charge on any atom is -0.548 e. The molecule has 0 aromatic heterocycles. The van der Waals surface area contributed by atoms with Crippen LogP contribution in [0.15, 0.2) is 24.3 Å². The summed E-state index contributed by atoms with van der Waals surface area (Å²) in [6, 6.07) is 8.82. The number of nitrogens with zero attached hydrogens (tertiary/aromatic N) is 3. The fourth-order valence-electron chi connectivity index (χ4n) is 3.43. The molecule has 2 amide bonds. The van der Waals surface area contributed by atoms with Gasteiger partial charge in [-0.25, -0.2) is 4.79 Å². The molecule has 1 saturated heterocycles. The topological polar surface area (TPSA) is 114 Å². The van der Waals surface area contributed by atoms with Crippen LogP contribution in [0.3, 0.4) is 0 Å². The first-order valence-electron chi connectivity index (χ1n) is 9.90. The van der Waals surface area contributed by atoms with E-state index in [2.05, 4.69) is 6.07 Å². The second-order valence-corrected chi connectivity index (χ2v) is 8.83. The second-order valence-electron chi connectivity index (χ2n) is 8.83. The molecule has 31 heavy (non-hydrogen) atoms. The first-order chi connectivity index (χ1) is 13.9. The number of piperidine rings is 1. The molecule has 1 aliphatic rings.